The molecular formula is C19H15N5O3S. The molecule has 0 saturated heterocycles. The number of anilines is 1. The SMILES string of the molecule is N#Cc1ccc(OCCN(c2cn[nH]c2)S(=O)(=O)c2cccc(C#N)c2)cc1. The average molecular weight is 393 g/mol. The fraction of sp³-hybridized carbons (Fsp3) is 0.105. The lowest BCUT2D eigenvalue weighted by Gasteiger charge is -2.23. The van der Waals surface area contributed by atoms with Crippen molar-refractivity contribution in [3.8, 4) is 17.9 Å². The van der Waals surface area contributed by atoms with Gasteiger partial charge in [-0.3, -0.25) is 9.40 Å². The number of benzene rings is 2. The Hall–Kier alpha value is -3.82. The zero-order chi connectivity index (χ0) is 20.0. The van der Waals surface area contributed by atoms with Crippen LogP contribution in [0.5, 0.6) is 5.75 Å². The van der Waals surface area contributed by atoms with Crippen LogP contribution in [0.4, 0.5) is 5.69 Å². The summed E-state index contributed by atoms with van der Waals surface area (Å²) in [7, 11) is -3.92. The van der Waals surface area contributed by atoms with E-state index >= 15 is 0 Å². The van der Waals surface area contributed by atoms with Gasteiger partial charge in [0, 0.05) is 6.20 Å². The second-order valence-electron chi connectivity index (χ2n) is 5.66. The average Bonchev–Trinajstić information content (AvgIpc) is 3.25. The molecule has 0 saturated carbocycles. The number of aromatic nitrogens is 2. The Morgan fingerprint density at radius 2 is 1.82 bits per heavy atom. The van der Waals surface area contributed by atoms with Crippen LogP contribution in [0.25, 0.3) is 0 Å². The van der Waals surface area contributed by atoms with Crippen molar-refractivity contribution in [3.63, 3.8) is 0 Å². The van der Waals surface area contributed by atoms with Crippen LogP contribution in [-0.4, -0.2) is 31.8 Å². The molecule has 0 bridgehead atoms. The number of sulfonamides is 1. The fourth-order valence-corrected chi connectivity index (χ4v) is 3.97. The maximum absolute atomic E-state index is 13.1. The Balaban J connectivity index is 1.81. The molecule has 1 heterocycles. The molecule has 1 N–H and O–H groups in total. The zero-order valence-corrected chi connectivity index (χ0v) is 15.4. The first-order chi connectivity index (χ1) is 13.5. The Morgan fingerprint density at radius 1 is 1.07 bits per heavy atom. The van der Waals surface area contributed by atoms with E-state index in [2.05, 4.69) is 10.2 Å². The largest absolute Gasteiger partial charge is 0.492 e. The van der Waals surface area contributed by atoms with E-state index in [1.165, 1.54) is 36.7 Å². The quantitative estimate of drug-likeness (QED) is 0.658. The molecule has 1 aromatic heterocycles. The minimum atomic E-state index is -3.92. The van der Waals surface area contributed by atoms with Crippen molar-refractivity contribution >= 4 is 15.7 Å². The first-order valence-corrected chi connectivity index (χ1v) is 9.63. The third-order valence-corrected chi connectivity index (χ3v) is 5.69. The lowest BCUT2D eigenvalue weighted by Crippen LogP contribution is -2.34. The maximum atomic E-state index is 13.1. The molecule has 9 heteroatoms. The molecule has 0 aliphatic heterocycles. The summed E-state index contributed by atoms with van der Waals surface area (Å²) >= 11 is 0. The summed E-state index contributed by atoms with van der Waals surface area (Å²) in [6, 6.07) is 16.3. The highest BCUT2D eigenvalue weighted by molar-refractivity contribution is 7.92. The molecule has 3 rings (SSSR count). The van der Waals surface area contributed by atoms with Gasteiger partial charge in [-0.05, 0) is 42.5 Å². The minimum Gasteiger partial charge on any atom is -0.492 e. The van der Waals surface area contributed by atoms with Gasteiger partial charge in [0.25, 0.3) is 10.0 Å². The smallest absolute Gasteiger partial charge is 0.264 e. The Kier molecular flexibility index (Phi) is 5.58. The first kappa shape index (κ1) is 19.0. The molecule has 28 heavy (non-hydrogen) atoms. The topological polar surface area (TPSA) is 123 Å². The van der Waals surface area contributed by atoms with Crippen molar-refractivity contribution < 1.29 is 13.2 Å². The van der Waals surface area contributed by atoms with Crippen LogP contribution in [0.3, 0.4) is 0 Å². The molecule has 140 valence electrons. The van der Waals surface area contributed by atoms with Crippen LogP contribution in [0, 0.1) is 22.7 Å². The summed E-state index contributed by atoms with van der Waals surface area (Å²) in [5.41, 5.74) is 1.11. The Morgan fingerprint density at radius 3 is 2.46 bits per heavy atom. The molecule has 0 aliphatic rings. The Bertz CT molecular complexity index is 1130. The predicted molar refractivity (Wildman–Crippen MR) is 101 cm³/mol. The number of nitriles is 2. The third-order valence-electron chi connectivity index (χ3n) is 3.87. The van der Waals surface area contributed by atoms with Gasteiger partial charge in [0.2, 0.25) is 0 Å². The number of aromatic amines is 1. The maximum Gasteiger partial charge on any atom is 0.264 e. The lowest BCUT2D eigenvalue weighted by atomic mass is 10.2. The molecule has 0 unspecified atom stereocenters. The number of nitrogens with one attached hydrogen (secondary N) is 1. The molecule has 0 atom stereocenters. The number of hydrogen-bond acceptors (Lipinski definition) is 6. The van der Waals surface area contributed by atoms with E-state index in [9.17, 15) is 8.42 Å². The van der Waals surface area contributed by atoms with Crippen LogP contribution in [0.1, 0.15) is 11.1 Å². The van der Waals surface area contributed by atoms with Crippen molar-refractivity contribution in [2.45, 2.75) is 4.90 Å². The Labute approximate surface area is 162 Å². The van der Waals surface area contributed by atoms with Gasteiger partial charge in [0.15, 0.2) is 0 Å². The van der Waals surface area contributed by atoms with E-state index in [0.29, 0.717) is 17.0 Å². The number of H-pyrrole nitrogens is 1. The number of rotatable bonds is 7. The fourth-order valence-electron chi connectivity index (χ4n) is 2.49. The van der Waals surface area contributed by atoms with Crippen molar-refractivity contribution in [1.82, 2.24) is 10.2 Å². The van der Waals surface area contributed by atoms with Gasteiger partial charge < -0.3 is 4.74 Å². The van der Waals surface area contributed by atoms with Crippen molar-refractivity contribution in [2.24, 2.45) is 0 Å². The minimum absolute atomic E-state index is 0.00567. The van der Waals surface area contributed by atoms with Crippen LogP contribution < -0.4 is 9.04 Å². The molecule has 0 spiro atoms. The standard InChI is InChI=1S/C19H15N5O3S/c20-11-15-4-6-18(7-5-15)27-9-8-24(17-13-22-23-14-17)28(25,26)19-3-1-2-16(10-19)12-21/h1-7,10,13-14H,8-9H2,(H,22,23). The lowest BCUT2D eigenvalue weighted by molar-refractivity contribution is 0.328. The molecule has 3 aromatic rings. The summed E-state index contributed by atoms with van der Waals surface area (Å²) in [5, 5.41) is 24.3. The van der Waals surface area contributed by atoms with Gasteiger partial charge in [-0.25, -0.2) is 8.42 Å². The van der Waals surface area contributed by atoms with Gasteiger partial charge in [-0.15, -0.1) is 0 Å². The normalized spacial score (nSPS) is 10.6. The van der Waals surface area contributed by atoms with Crippen LogP contribution in [0.2, 0.25) is 0 Å². The highest BCUT2D eigenvalue weighted by atomic mass is 32.2. The highest BCUT2D eigenvalue weighted by Gasteiger charge is 2.26. The summed E-state index contributed by atoms with van der Waals surface area (Å²) in [6.07, 6.45) is 2.86. The van der Waals surface area contributed by atoms with Gasteiger partial charge in [-0.2, -0.15) is 15.6 Å². The van der Waals surface area contributed by atoms with Crippen LogP contribution >= 0.6 is 0 Å². The molecule has 0 fully saturated rings. The monoisotopic (exact) mass is 393 g/mol. The van der Waals surface area contributed by atoms with Crippen LogP contribution in [0.15, 0.2) is 65.8 Å². The van der Waals surface area contributed by atoms with Gasteiger partial charge in [0.05, 0.1) is 46.6 Å². The summed E-state index contributed by atoms with van der Waals surface area (Å²) < 4.78 is 33.0. The van der Waals surface area contributed by atoms with Gasteiger partial charge in [-0.1, -0.05) is 6.07 Å². The van der Waals surface area contributed by atoms with Gasteiger partial charge >= 0.3 is 0 Å². The number of nitrogens with zero attached hydrogens (tertiary/aromatic N) is 4. The summed E-state index contributed by atoms with van der Waals surface area (Å²) in [4.78, 5) is 0.00567. The van der Waals surface area contributed by atoms with Crippen molar-refractivity contribution in [3.05, 3.63) is 72.1 Å². The van der Waals surface area contributed by atoms with E-state index in [-0.39, 0.29) is 23.6 Å². The van der Waals surface area contributed by atoms with Crippen LogP contribution in [-0.2, 0) is 10.0 Å². The summed E-state index contributed by atoms with van der Waals surface area (Å²) in [5.74, 6) is 0.523. The van der Waals surface area contributed by atoms with E-state index < -0.39 is 10.0 Å². The third kappa shape index (κ3) is 4.11. The van der Waals surface area contributed by atoms with E-state index in [4.69, 9.17) is 15.3 Å². The summed E-state index contributed by atoms with van der Waals surface area (Å²) in [6.45, 7) is 0.104. The van der Waals surface area contributed by atoms with E-state index in [1.807, 2.05) is 12.1 Å². The zero-order valence-electron chi connectivity index (χ0n) is 14.6. The second-order valence-corrected chi connectivity index (χ2v) is 7.52. The second kappa shape index (κ2) is 8.25. The predicted octanol–water partition coefficient (Wildman–Crippen LogP) is 2.43. The molecule has 0 radical (unpaired) electrons. The molecule has 2 aromatic carbocycles. The number of ether oxygens (including phenoxy) is 1. The van der Waals surface area contributed by atoms with E-state index in [0.717, 1.165) is 4.31 Å². The molecule has 0 aliphatic carbocycles. The highest BCUT2D eigenvalue weighted by Crippen LogP contribution is 2.23. The van der Waals surface area contributed by atoms with Gasteiger partial charge in [0.1, 0.15) is 12.4 Å². The first-order valence-electron chi connectivity index (χ1n) is 8.19. The molecule has 8 nitrogen and oxygen atoms in total. The van der Waals surface area contributed by atoms with E-state index in [1.54, 1.807) is 24.3 Å². The molecular weight excluding hydrogens is 378 g/mol. The molecule has 0 amide bonds. The number of hydrogen-bond donors (Lipinski definition) is 1. The van der Waals surface area contributed by atoms with Crippen molar-refractivity contribution in [1.29, 1.82) is 10.5 Å². The van der Waals surface area contributed by atoms with Crippen molar-refractivity contribution in [2.75, 3.05) is 17.5 Å².